The first kappa shape index (κ1) is 11.5. The monoisotopic (exact) mass is 149 g/mol. The summed E-state index contributed by atoms with van der Waals surface area (Å²) in [5.74, 6) is 0. The van der Waals surface area contributed by atoms with E-state index in [1.165, 1.54) is 0 Å². The Balaban J connectivity index is 0.000001000. The standard InChI is InChI=1S/C8H18N2.Li/c1-5-6(2)10-8(4)7(3)9-5;/h5-10H,1-4H3;. The first-order chi connectivity index (χ1) is 4.61. The second kappa shape index (κ2) is 4.52. The van der Waals surface area contributed by atoms with Gasteiger partial charge < -0.3 is 10.6 Å². The Morgan fingerprint density at radius 3 is 1.00 bits per heavy atom. The maximum Gasteiger partial charge on any atom is 0.0193 e. The Morgan fingerprint density at radius 2 is 0.818 bits per heavy atom. The molecule has 11 heavy (non-hydrogen) atoms. The summed E-state index contributed by atoms with van der Waals surface area (Å²) >= 11 is 0. The molecule has 0 bridgehead atoms. The first-order valence-corrected chi connectivity index (χ1v) is 4.13. The van der Waals surface area contributed by atoms with Gasteiger partial charge in [0.05, 0.1) is 0 Å². The maximum absolute atomic E-state index is 3.52. The molecular formula is C8H18LiN2. The van der Waals surface area contributed by atoms with Crippen LogP contribution in [0.25, 0.3) is 0 Å². The molecule has 0 saturated carbocycles. The van der Waals surface area contributed by atoms with Gasteiger partial charge in [-0.2, -0.15) is 0 Å². The van der Waals surface area contributed by atoms with Crippen molar-refractivity contribution in [2.24, 2.45) is 0 Å². The van der Waals surface area contributed by atoms with E-state index in [-0.39, 0.29) is 18.9 Å². The van der Waals surface area contributed by atoms with Crippen LogP contribution in [0.5, 0.6) is 0 Å². The molecule has 61 valence electrons. The van der Waals surface area contributed by atoms with Crippen LogP contribution in [-0.4, -0.2) is 43.0 Å². The van der Waals surface area contributed by atoms with E-state index >= 15 is 0 Å². The van der Waals surface area contributed by atoms with Crippen molar-refractivity contribution in [1.29, 1.82) is 0 Å². The molecule has 2 nitrogen and oxygen atoms in total. The Bertz CT molecular complexity index is 92.7. The van der Waals surface area contributed by atoms with Gasteiger partial charge in [-0.3, -0.25) is 0 Å². The predicted octanol–water partition coefficient (Wildman–Crippen LogP) is 0.352. The fourth-order valence-corrected chi connectivity index (χ4v) is 1.41. The van der Waals surface area contributed by atoms with E-state index < -0.39 is 0 Å². The van der Waals surface area contributed by atoms with Crippen LogP contribution in [0.2, 0.25) is 0 Å². The van der Waals surface area contributed by atoms with E-state index in [0.29, 0.717) is 24.2 Å². The quantitative estimate of drug-likeness (QED) is 0.486. The van der Waals surface area contributed by atoms with Crippen LogP contribution in [-0.2, 0) is 0 Å². The van der Waals surface area contributed by atoms with E-state index in [9.17, 15) is 0 Å². The van der Waals surface area contributed by atoms with Crippen LogP contribution in [0.15, 0.2) is 0 Å². The summed E-state index contributed by atoms with van der Waals surface area (Å²) in [4.78, 5) is 0. The van der Waals surface area contributed by atoms with Crippen molar-refractivity contribution in [3.63, 3.8) is 0 Å². The largest absolute Gasteiger partial charge is 0.309 e. The molecule has 4 unspecified atom stereocenters. The average Bonchev–Trinajstić information content (AvgIpc) is 1.84. The van der Waals surface area contributed by atoms with Crippen molar-refractivity contribution in [1.82, 2.24) is 10.6 Å². The minimum atomic E-state index is 0. The molecule has 0 amide bonds. The molecule has 2 N–H and O–H groups in total. The molecule has 4 atom stereocenters. The summed E-state index contributed by atoms with van der Waals surface area (Å²) in [7, 11) is 0. The predicted molar refractivity (Wildman–Crippen MR) is 49.9 cm³/mol. The number of hydrogen-bond donors (Lipinski definition) is 2. The Labute approximate surface area is 81.7 Å². The summed E-state index contributed by atoms with van der Waals surface area (Å²) in [6, 6.07) is 2.41. The SMILES string of the molecule is CC1NC(C)C(C)NC1C.[Li]. The molecule has 1 aliphatic rings. The molecule has 0 spiro atoms. The fraction of sp³-hybridized carbons (Fsp3) is 1.00. The summed E-state index contributed by atoms with van der Waals surface area (Å²) in [6.45, 7) is 8.89. The molecule has 1 radical (unpaired) electrons. The topological polar surface area (TPSA) is 24.1 Å². The van der Waals surface area contributed by atoms with E-state index in [4.69, 9.17) is 0 Å². The minimum absolute atomic E-state index is 0. The molecule has 0 aliphatic carbocycles. The normalized spacial score (nSPS) is 44.7. The van der Waals surface area contributed by atoms with Gasteiger partial charge in [-0.1, -0.05) is 0 Å². The van der Waals surface area contributed by atoms with Crippen molar-refractivity contribution in [2.45, 2.75) is 51.9 Å². The molecule has 1 aliphatic heterocycles. The number of hydrogen-bond acceptors (Lipinski definition) is 2. The number of piperazine rings is 1. The van der Waals surface area contributed by atoms with Crippen LogP contribution >= 0.6 is 0 Å². The van der Waals surface area contributed by atoms with Crippen molar-refractivity contribution < 1.29 is 0 Å². The van der Waals surface area contributed by atoms with E-state index in [2.05, 4.69) is 38.3 Å². The molecule has 0 aromatic rings. The molecule has 0 aromatic carbocycles. The van der Waals surface area contributed by atoms with Gasteiger partial charge in [0, 0.05) is 43.0 Å². The first-order valence-electron chi connectivity index (χ1n) is 4.13. The van der Waals surface area contributed by atoms with E-state index in [1.807, 2.05) is 0 Å². The van der Waals surface area contributed by atoms with Crippen molar-refractivity contribution in [3.05, 3.63) is 0 Å². The number of nitrogens with one attached hydrogen (secondary N) is 2. The van der Waals surface area contributed by atoms with Crippen molar-refractivity contribution in [3.8, 4) is 0 Å². The Kier molecular flexibility index (Phi) is 4.73. The summed E-state index contributed by atoms with van der Waals surface area (Å²) in [6.07, 6.45) is 0. The minimum Gasteiger partial charge on any atom is -0.309 e. The maximum atomic E-state index is 3.52. The van der Waals surface area contributed by atoms with Crippen molar-refractivity contribution in [2.75, 3.05) is 0 Å². The van der Waals surface area contributed by atoms with Crippen LogP contribution < -0.4 is 10.6 Å². The molecular weight excluding hydrogens is 131 g/mol. The third kappa shape index (κ3) is 2.80. The van der Waals surface area contributed by atoms with Gasteiger partial charge in [0.15, 0.2) is 0 Å². The van der Waals surface area contributed by atoms with Gasteiger partial charge in [-0.25, -0.2) is 0 Å². The third-order valence-electron chi connectivity index (χ3n) is 2.55. The van der Waals surface area contributed by atoms with Gasteiger partial charge in [0.1, 0.15) is 0 Å². The zero-order valence-electron chi connectivity index (χ0n) is 8.31. The number of rotatable bonds is 0. The zero-order chi connectivity index (χ0) is 7.72. The Hall–Kier alpha value is 0.517. The fourth-order valence-electron chi connectivity index (χ4n) is 1.41. The average molecular weight is 149 g/mol. The second-order valence-corrected chi connectivity index (χ2v) is 3.49. The van der Waals surface area contributed by atoms with Gasteiger partial charge in [0.2, 0.25) is 0 Å². The summed E-state index contributed by atoms with van der Waals surface area (Å²) < 4.78 is 0. The van der Waals surface area contributed by atoms with Crippen molar-refractivity contribution >= 4 is 18.9 Å². The Morgan fingerprint density at radius 1 is 0.636 bits per heavy atom. The van der Waals surface area contributed by atoms with Gasteiger partial charge in [-0.15, -0.1) is 0 Å². The molecule has 1 heterocycles. The van der Waals surface area contributed by atoms with Crippen LogP contribution in [0, 0.1) is 0 Å². The van der Waals surface area contributed by atoms with Crippen LogP contribution in [0.1, 0.15) is 27.7 Å². The van der Waals surface area contributed by atoms with Gasteiger partial charge in [0.25, 0.3) is 0 Å². The molecule has 1 rings (SSSR count). The smallest absolute Gasteiger partial charge is 0.0193 e. The van der Waals surface area contributed by atoms with Gasteiger partial charge in [-0.05, 0) is 27.7 Å². The van der Waals surface area contributed by atoms with Crippen LogP contribution in [0.3, 0.4) is 0 Å². The second-order valence-electron chi connectivity index (χ2n) is 3.49. The summed E-state index contributed by atoms with van der Waals surface area (Å²) in [5, 5.41) is 7.03. The van der Waals surface area contributed by atoms with E-state index in [1.54, 1.807) is 0 Å². The molecule has 1 saturated heterocycles. The van der Waals surface area contributed by atoms with Crippen LogP contribution in [0.4, 0.5) is 0 Å². The third-order valence-corrected chi connectivity index (χ3v) is 2.55. The molecule has 3 heteroatoms. The summed E-state index contributed by atoms with van der Waals surface area (Å²) in [5.41, 5.74) is 0. The van der Waals surface area contributed by atoms with E-state index in [0.717, 1.165) is 0 Å². The molecule has 1 fully saturated rings. The zero-order valence-corrected chi connectivity index (χ0v) is 8.31. The molecule has 0 aromatic heterocycles. The van der Waals surface area contributed by atoms with Gasteiger partial charge >= 0.3 is 0 Å².